The van der Waals surface area contributed by atoms with Crippen LogP contribution in [0.1, 0.15) is 86.0 Å². The zero-order valence-electron chi connectivity index (χ0n) is 41.6. The number of hydrogen-bond donors (Lipinski definition) is 18. The van der Waals surface area contributed by atoms with Crippen molar-refractivity contribution in [3.8, 4) is 0 Å². The van der Waals surface area contributed by atoms with Crippen LogP contribution in [0.5, 0.6) is 0 Å². The van der Waals surface area contributed by atoms with Crippen LogP contribution in [-0.4, -0.2) is 182 Å². The van der Waals surface area contributed by atoms with Crippen LogP contribution < -0.4 is 87.6 Å². The number of amides is 10. The molecule has 0 unspecified atom stereocenters. The fraction of sp³-hybridized carbons (Fsp3) is 0.767. The molecule has 12 atom stereocenters. The number of hydrogen-bond acceptors (Lipinski definition) is 18. The molecule has 0 spiro atoms. The zero-order chi connectivity index (χ0) is 54.0. The van der Waals surface area contributed by atoms with Crippen molar-refractivity contribution in [3.63, 3.8) is 0 Å². The lowest BCUT2D eigenvalue weighted by atomic mass is 9.96. The summed E-state index contributed by atoms with van der Waals surface area (Å²) in [6.45, 7) is 6.36. The molecule has 0 radical (unpaired) electrons. The van der Waals surface area contributed by atoms with Gasteiger partial charge in [0.2, 0.25) is 59.1 Å². The number of aliphatic hydroxyl groups excluding tert-OH is 2. The van der Waals surface area contributed by atoms with Crippen molar-refractivity contribution in [3.05, 3.63) is 0 Å². The Morgan fingerprint density at radius 3 is 1.54 bits per heavy atom. The summed E-state index contributed by atoms with van der Waals surface area (Å²) in [7, 11) is 0. The second-order valence-electron chi connectivity index (χ2n) is 17.9. The summed E-state index contributed by atoms with van der Waals surface area (Å²) in [5.41, 5.74) is 34.5. The number of aliphatic hydroxyl groups is 2. The summed E-state index contributed by atoms with van der Waals surface area (Å²) < 4.78 is 0. The highest BCUT2D eigenvalue weighted by Gasteiger charge is 2.37. The van der Waals surface area contributed by atoms with Crippen molar-refractivity contribution >= 4 is 59.1 Å². The second-order valence-corrected chi connectivity index (χ2v) is 17.9. The van der Waals surface area contributed by atoms with Crippen molar-refractivity contribution in [2.24, 2.45) is 46.2 Å². The lowest BCUT2D eigenvalue weighted by Gasteiger charge is -2.30. The average Bonchev–Trinajstić information content (AvgIpc) is 3.31. The molecule has 406 valence electrons. The smallest absolute Gasteiger partial charge is 0.245 e. The van der Waals surface area contributed by atoms with E-state index in [9.17, 15) is 58.2 Å². The van der Waals surface area contributed by atoms with E-state index in [-0.39, 0.29) is 77.2 Å². The van der Waals surface area contributed by atoms with Crippen LogP contribution in [0.15, 0.2) is 0 Å². The summed E-state index contributed by atoms with van der Waals surface area (Å²) in [4.78, 5) is 137. The van der Waals surface area contributed by atoms with Crippen LogP contribution in [-0.2, 0) is 47.9 Å². The Hall–Kier alpha value is -5.62. The van der Waals surface area contributed by atoms with E-state index in [0.717, 1.165) is 0 Å². The molecule has 24 N–H and O–H groups in total. The lowest BCUT2D eigenvalue weighted by Crippen LogP contribution is -2.61. The van der Waals surface area contributed by atoms with Gasteiger partial charge < -0.3 is 97.8 Å². The van der Waals surface area contributed by atoms with Gasteiger partial charge in [-0.25, -0.2) is 0 Å². The summed E-state index contributed by atoms with van der Waals surface area (Å²) in [5, 5.41) is 45.6. The maximum Gasteiger partial charge on any atom is 0.245 e. The monoisotopic (exact) mass is 1010 g/mol. The van der Waals surface area contributed by atoms with Crippen LogP contribution in [0.2, 0.25) is 0 Å². The maximum absolute atomic E-state index is 14.2. The molecule has 10 amide bonds. The second kappa shape index (κ2) is 33.1. The van der Waals surface area contributed by atoms with E-state index in [2.05, 4.69) is 53.2 Å². The van der Waals surface area contributed by atoms with Gasteiger partial charge >= 0.3 is 0 Å². The predicted octanol–water partition coefficient (Wildman–Crippen LogP) is -8.59. The molecule has 0 aromatic heterocycles. The fourth-order valence-corrected chi connectivity index (χ4v) is 7.18. The highest BCUT2D eigenvalue weighted by atomic mass is 16.3. The van der Waals surface area contributed by atoms with Gasteiger partial charge in [0.25, 0.3) is 0 Å². The summed E-state index contributed by atoms with van der Waals surface area (Å²) in [6, 6.07) is -14.1. The van der Waals surface area contributed by atoms with Crippen molar-refractivity contribution in [2.75, 3.05) is 45.9 Å². The first kappa shape index (κ1) is 63.4. The molecule has 28 nitrogen and oxygen atoms in total. The van der Waals surface area contributed by atoms with Gasteiger partial charge in [0.15, 0.2) is 0 Å². The Morgan fingerprint density at radius 1 is 0.592 bits per heavy atom. The van der Waals surface area contributed by atoms with Crippen LogP contribution in [0.25, 0.3) is 0 Å². The largest absolute Gasteiger partial charge is 0.394 e. The van der Waals surface area contributed by atoms with Gasteiger partial charge in [0, 0.05) is 6.54 Å². The molecular weight excluding hydrogens is 933 g/mol. The van der Waals surface area contributed by atoms with Gasteiger partial charge in [0.1, 0.15) is 54.4 Å². The normalized spacial score (nSPS) is 24.8. The zero-order valence-corrected chi connectivity index (χ0v) is 41.6. The van der Waals surface area contributed by atoms with Gasteiger partial charge in [-0.2, -0.15) is 0 Å². The molecular formula is C43H82N16O12. The number of nitrogens with two attached hydrogens (primary N) is 6. The molecule has 0 bridgehead atoms. The minimum atomic E-state index is -1.66. The highest BCUT2D eigenvalue weighted by Crippen LogP contribution is 2.13. The lowest BCUT2D eigenvalue weighted by molar-refractivity contribution is -0.136. The predicted molar refractivity (Wildman–Crippen MR) is 259 cm³/mol. The van der Waals surface area contributed by atoms with Gasteiger partial charge in [-0.3, -0.25) is 47.9 Å². The first-order valence-electron chi connectivity index (χ1n) is 24.1. The molecule has 1 fully saturated rings. The van der Waals surface area contributed by atoms with E-state index in [4.69, 9.17) is 34.4 Å². The minimum Gasteiger partial charge on any atom is -0.394 e. The Labute approximate surface area is 414 Å². The number of carbonyl (C=O) groups is 10. The maximum atomic E-state index is 14.2. The molecule has 1 aliphatic heterocycles. The van der Waals surface area contributed by atoms with Gasteiger partial charge in [-0.15, -0.1) is 0 Å². The standard InChI is InChI=1S/C43H82N16O12/c1-6-22(4)32-43(71)55-27(10-16-47)36(64)52-28(11-17-48)39(67)59-33(23(5)61)42(70)50-18-12-29(38(66)51-26(9-15-46)37(65)56-30(19-21(2)3)40(68)58-32)54-35(63)25(8-14-45)53-41(69)31(20-60)57-34(62)24(49)7-13-44/h21-33,60-61H,6-20,44-49H2,1-5H3,(H,50,70)(H,51,66)(H,52,64)(H,53,69)(H,54,63)(H,55,71)(H,56,65)(H,57,62)(H,58,68)(H,59,67)/t22-,23+,24-,25-,26-,27-,28-,29-,30+,31-,32-,33-/m0/s1. The topological polar surface area (TPSA) is 488 Å². The van der Waals surface area contributed by atoms with Crippen molar-refractivity contribution in [2.45, 2.75) is 153 Å². The van der Waals surface area contributed by atoms with Crippen molar-refractivity contribution in [1.82, 2.24) is 53.2 Å². The number of nitrogens with one attached hydrogen (secondary N) is 10. The molecule has 1 rings (SSSR count). The molecule has 0 aliphatic carbocycles. The van der Waals surface area contributed by atoms with E-state index < -0.39 is 151 Å². The SMILES string of the molecule is CC[C@H](C)[C@@H]1NC(=O)[C@@H](CC(C)C)NC(=O)[C@H](CCN)NC(=O)[C@@H](NC(=O)[C@H](CCN)NC(=O)[C@H](CO)NC(=O)[C@@H](N)CCN)CCNC(=O)[C@H]([C@@H](C)O)NC(=O)[C@H](CCN)NC(=O)[C@H](CCN)NC1=O. The van der Waals surface area contributed by atoms with Gasteiger partial charge in [-0.05, 0) is 96.4 Å². The third-order valence-corrected chi connectivity index (χ3v) is 11.5. The summed E-state index contributed by atoms with van der Waals surface area (Å²) in [6.07, 6.45) is -2.16. The van der Waals surface area contributed by atoms with Crippen molar-refractivity contribution < 1.29 is 58.2 Å². The van der Waals surface area contributed by atoms with Crippen LogP contribution >= 0.6 is 0 Å². The third kappa shape index (κ3) is 21.7. The van der Waals surface area contributed by atoms with E-state index in [1.807, 2.05) is 0 Å². The van der Waals surface area contributed by atoms with Crippen LogP contribution in [0.3, 0.4) is 0 Å². The van der Waals surface area contributed by atoms with Crippen molar-refractivity contribution in [1.29, 1.82) is 0 Å². The Bertz CT molecular complexity index is 1780. The number of rotatable bonds is 22. The summed E-state index contributed by atoms with van der Waals surface area (Å²) >= 11 is 0. The molecule has 28 heteroatoms. The molecule has 1 aliphatic rings. The Balaban J connectivity index is 3.88. The molecule has 1 saturated heterocycles. The first-order valence-corrected chi connectivity index (χ1v) is 24.1. The fourth-order valence-electron chi connectivity index (χ4n) is 7.18. The van der Waals surface area contributed by atoms with E-state index >= 15 is 0 Å². The third-order valence-electron chi connectivity index (χ3n) is 11.5. The molecule has 71 heavy (non-hydrogen) atoms. The molecule has 0 aromatic rings. The summed E-state index contributed by atoms with van der Waals surface area (Å²) in [5.74, 6) is -9.73. The van der Waals surface area contributed by atoms with Crippen LogP contribution in [0.4, 0.5) is 0 Å². The van der Waals surface area contributed by atoms with E-state index in [1.165, 1.54) is 6.92 Å². The molecule has 1 heterocycles. The Morgan fingerprint density at radius 2 is 1.06 bits per heavy atom. The number of carbonyl (C=O) groups excluding carboxylic acids is 10. The molecule has 0 saturated carbocycles. The van der Waals surface area contributed by atoms with Gasteiger partial charge in [0.05, 0.1) is 18.8 Å². The van der Waals surface area contributed by atoms with Gasteiger partial charge in [-0.1, -0.05) is 34.1 Å². The minimum absolute atomic E-state index is 0.0555. The van der Waals surface area contributed by atoms with E-state index in [1.54, 1.807) is 27.7 Å². The average molecular weight is 1020 g/mol. The van der Waals surface area contributed by atoms with Crippen LogP contribution in [0, 0.1) is 11.8 Å². The first-order chi connectivity index (χ1) is 33.5. The quantitative estimate of drug-likeness (QED) is 0.0479. The molecule has 0 aromatic carbocycles. The Kier molecular flexibility index (Phi) is 29.6. The van der Waals surface area contributed by atoms with E-state index in [0.29, 0.717) is 6.42 Å². The highest BCUT2D eigenvalue weighted by molar-refractivity contribution is 5.99.